The van der Waals surface area contributed by atoms with Gasteiger partial charge in [-0.25, -0.2) is 13.6 Å². The Morgan fingerprint density at radius 1 is 0.967 bits per heavy atom. The number of rotatable bonds is 1. The smallest absolute Gasteiger partial charge is 0.342 e. The highest BCUT2D eigenvalue weighted by atomic mass is 19.1. The van der Waals surface area contributed by atoms with Crippen LogP contribution in [-0.4, -0.2) is 23.2 Å². The maximum Gasteiger partial charge on any atom is 0.342 e. The zero-order chi connectivity index (χ0) is 21.4. The van der Waals surface area contributed by atoms with E-state index in [1.165, 1.54) is 0 Å². The SMILES string of the molecule is CNc1ccc2c(c1N)C(=O)OC21c2cc(F)c(O)cc2Oc2cc(O)c(F)cc21. The first-order valence-electron chi connectivity index (χ1n) is 8.85. The van der Waals surface area contributed by atoms with Gasteiger partial charge in [0.25, 0.3) is 0 Å². The average molecular weight is 412 g/mol. The normalized spacial score (nSPS) is 15.1. The van der Waals surface area contributed by atoms with Crippen molar-refractivity contribution in [2.45, 2.75) is 5.60 Å². The van der Waals surface area contributed by atoms with E-state index in [-0.39, 0.29) is 39.4 Å². The van der Waals surface area contributed by atoms with Crippen LogP contribution in [0.3, 0.4) is 0 Å². The van der Waals surface area contributed by atoms with Crippen LogP contribution in [0.5, 0.6) is 23.0 Å². The molecule has 1 spiro atoms. The lowest BCUT2D eigenvalue weighted by atomic mass is 9.77. The molecule has 30 heavy (non-hydrogen) atoms. The average Bonchev–Trinajstić information content (AvgIpc) is 3.00. The van der Waals surface area contributed by atoms with E-state index in [0.29, 0.717) is 5.69 Å². The molecule has 3 aromatic rings. The summed E-state index contributed by atoms with van der Waals surface area (Å²) in [4.78, 5) is 12.9. The number of nitrogen functional groups attached to an aromatic ring is 1. The topological polar surface area (TPSA) is 114 Å². The van der Waals surface area contributed by atoms with Gasteiger partial charge < -0.3 is 30.7 Å². The van der Waals surface area contributed by atoms with E-state index in [1.54, 1.807) is 19.2 Å². The molecule has 3 aromatic carbocycles. The number of halogens is 2. The summed E-state index contributed by atoms with van der Waals surface area (Å²) in [5.41, 5.74) is 5.33. The monoisotopic (exact) mass is 412 g/mol. The van der Waals surface area contributed by atoms with E-state index in [4.69, 9.17) is 15.2 Å². The number of aromatic hydroxyl groups is 2. The highest BCUT2D eigenvalue weighted by Crippen LogP contribution is 2.58. The molecule has 2 heterocycles. The van der Waals surface area contributed by atoms with Crippen molar-refractivity contribution in [2.24, 2.45) is 0 Å². The van der Waals surface area contributed by atoms with Gasteiger partial charge in [0.1, 0.15) is 11.5 Å². The van der Waals surface area contributed by atoms with Crippen LogP contribution in [-0.2, 0) is 10.3 Å². The van der Waals surface area contributed by atoms with Gasteiger partial charge in [0, 0.05) is 24.7 Å². The van der Waals surface area contributed by atoms with Crippen molar-refractivity contribution >= 4 is 17.3 Å². The van der Waals surface area contributed by atoms with Crippen LogP contribution < -0.4 is 15.8 Å². The summed E-state index contributed by atoms with van der Waals surface area (Å²) in [6.07, 6.45) is 0. The Balaban J connectivity index is 1.93. The van der Waals surface area contributed by atoms with Crippen molar-refractivity contribution in [3.8, 4) is 23.0 Å². The minimum atomic E-state index is -1.79. The largest absolute Gasteiger partial charge is 0.505 e. The number of benzene rings is 3. The molecule has 0 saturated heterocycles. The molecule has 0 amide bonds. The first-order valence-corrected chi connectivity index (χ1v) is 8.85. The number of nitrogens with one attached hydrogen (secondary N) is 1. The van der Waals surface area contributed by atoms with Gasteiger partial charge in [-0.05, 0) is 18.2 Å². The lowest BCUT2D eigenvalue weighted by Crippen LogP contribution is -2.33. The van der Waals surface area contributed by atoms with Crippen LogP contribution in [0.1, 0.15) is 27.0 Å². The molecule has 0 radical (unpaired) electrons. The molecule has 0 aromatic heterocycles. The summed E-state index contributed by atoms with van der Waals surface area (Å²) < 4.78 is 40.1. The summed E-state index contributed by atoms with van der Waals surface area (Å²) in [6.45, 7) is 0. The lowest BCUT2D eigenvalue weighted by molar-refractivity contribution is 0.0222. The van der Waals surface area contributed by atoms with E-state index < -0.39 is 34.7 Å². The number of phenols is 2. The number of phenolic OH excluding ortho intramolecular Hbond substituents is 2. The van der Waals surface area contributed by atoms with Gasteiger partial charge in [0.2, 0.25) is 0 Å². The van der Waals surface area contributed by atoms with Gasteiger partial charge in [0.15, 0.2) is 28.7 Å². The third kappa shape index (κ3) is 2.08. The van der Waals surface area contributed by atoms with E-state index in [0.717, 1.165) is 24.3 Å². The van der Waals surface area contributed by atoms with Gasteiger partial charge in [-0.2, -0.15) is 0 Å². The van der Waals surface area contributed by atoms with Crippen LogP contribution in [0.4, 0.5) is 20.2 Å². The Hall–Kier alpha value is -4.01. The number of ether oxygens (including phenoxy) is 2. The third-order valence-electron chi connectivity index (χ3n) is 5.42. The number of esters is 1. The number of hydrogen-bond donors (Lipinski definition) is 4. The summed E-state index contributed by atoms with van der Waals surface area (Å²) in [5.74, 6) is -4.18. The maximum absolute atomic E-state index is 14.3. The second-order valence-electron chi connectivity index (χ2n) is 6.97. The van der Waals surface area contributed by atoms with Crippen molar-refractivity contribution in [3.05, 3.63) is 70.3 Å². The van der Waals surface area contributed by atoms with Gasteiger partial charge in [0.05, 0.1) is 28.1 Å². The molecule has 0 bridgehead atoms. The van der Waals surface area contributed by atoms with Crippen LogP contribution in [0.2, 0.25) is 0 Å². The van der Waals surface area contributed by atoms with Crippen molar-refractivity contribution in [1.29, 1.82) is 0 Å². The highest BCUT2D eigenvalue weighted by molar-refractivity contribution is 6.04. The molecule has 5 N–H and O–H groups in total. The molecule has 2 aliphatic rings. The van der Waals surface area contributed by atoms with Crippen molar-refractivity contribution in [1.82, 2.24) is 0 Å². The van der Waals surface area contributed by atoms with Crippen LogP contribution in [0, 0.1) is 11.6 Å². The number of carbonyl (C=O) groups is 1. The third-order valence-corrected chi connectivity index (χ3v) is 5.42. The second kappa shape index (κ2) is 5.76. The van der Waals surface area contributed by atoms with Crippen LogP contribution in [0.25, 0.3) is 0 Å². The molecule has 2 aliphatic heterocycles. The standard InChI is InChI=1S/C21H14F2N2O5/c1-25-13-3-2-8-18(19(13)24)20(28)30-21(8)9-4-11(22)14(26)6-16(9)29-17-7-15(27)12(23)5-10(17)21/h2-7,25-27H,24H2,1H3. The fourth-order valence-corrected chi connectivity index (χ4v) is 4.06. The molecule has 0 fully saturated rings. The molecule has 152 valence electrons. The van der Waals surface area contributed by atoms with Crippen LogP contribution >= 0.6 is 0 Å². The molecule has 9 heteroatoms. The lowest BCUT2D eigenvalue weighted by Gasteiger charge is -2.36. The summed E-state index contributed by atoms with van der Waals surface area (Å²) in [6, 6.07) is 7.14. The summed E-state index contributed by atoms with van der Waals surface area (Å²) in [7, 11) is 1.63. The van der Waals surface area contributed by atoms with Crippen molar-refractivity contribution in [3.63, 3.8) is 0 Å². The highest BCUT2D eigenvalue weighted by Gasteiger charge is 2.55. The minimum absolute atomic E-state index is 0.0238. The number of fused-ring (bicyclic) bond motifs is 6. The fourth-order valence-electron chi connectivity index (χ4n) is 4.06. The summed E-state index contributed by atoms with van der Waals surface area (Å²) in [5, 5.41) is 22.5. The predicted octanol–water partition coefficient (Wildman–Crippen LogP) is 3.57. The Morgan fingerprint density at radius 3 is 2.07 bits per heavy atom. The fraction of sp³-hybridized carbons (Fsp3) is 0.0952. The Labute approximate surface area is 168 Å². The van der Waals surface area contributed by atoms with Gasteiger partial charge in [-0.3, -0.25) is 0 Å². The predicted molar refractivity (Wildman–Crippen MR) is 102 cm³/mol. The van der Waals surface area contributed by atoms with Crippen molar-refractivity contribution < 1.29 is 33.3 Å². The molecular weight excluding hydrogens is 398 g/mol. The van der Waals surface area contributed by atoms with Crippen LogP contribution in [0.15, 0.2) is 36.4 Å². The molecule has 0 atom stereocenters. The van der Waals surface area contributed by atoms with Gasteiger partial charge >= 0.3 is 5.97 Å². The van der Waals surface area contributed by atoms with E-state index in [9.17, 15) is 23.8 Å². The molecule has 0 aliphatic carbocycles. The number of hydrogen-bond acceptors (Lipinski definition) is 7. The van der Waals surface area contributed by atoms with E-state index >= 15 is 0 Å². The number of anilines is 2. The Bertz CT molecular complexity index is 1220. The second-order valence-corrected chi connectivity index (χ2v) is 6.97. The van der Waals surface area contributed by atoms with Gasteiger partial charge in [-0.15, -0.1) is 0 Å². The number of nitrogens with two attached hydrogens (primary N) is 1. The minimum Gasteiger partial charge on any atom is -0.505 e. The molecule has 0 saturated carbocycles. The zero-order valence-electron chi connectivity index (χ0n) is 15.4. The first kappa shape index (κ1) is 18.0. The Kier molecular flexibility index (Phi) is 3.46. The molecule has 5 rings (SSSR count). The van der Waals surface area contributed by atoms with Gasteiger partial charge in [-0.1, -0.05) is 6.07 Å². The molecule has 0 unspecified atom stereocenters. The van der Waals surface area contributed by atoms with Crippen molar-refractivity contribution in [2.75, 3.05) is 18.1 Å². The van der Waals surface area contributed by atoms with E-state index in [2.05, 4.69) is 5.32 Å². The Morgan fingerprint density at radius 2 is 1.53 bits per heavy atom. The zero-order valence-corrected chi connectivity index (χ0v) is 15.4. The molecular formula is C21H14F2N2O5. The summed E-state index contributed by atoms with van der Waals surface area (Å²) >= 11 is 0. The quantitative estimate of drug-likeness (QED) is 0.357. The first-order chi connectivity index (χ1) is 14.3. The van der Waals surface area contributed by atoms with E-state index in [1.807, 2.05) is 0 Å². The number of carbonyl (C=O) groups excluding carboxylic acids is 1. The molecule has 7 nitrogen and oxygen atoms in total. The maximum atomic E-state index is 14.3.